The number of amides is 1. The summed E-state index contributed by atoms with van der Waals surface area (Å²) < 4.78 is 5.51. The van der Waals surface area contributed by atoms with Gasteiger partial charge in [-0.2, -0.15) is 11.3 Å². The lowest BCUT2D eigenvalue weighted by Gasteiger charge is -2.13. The Labute approximate surface area is 136 Å². The van der Waals surface area contributed by atoms with E-state index in [4.69, 9.17) is 4.42 Å². The van der Waals surface area contributed by atoms with Crippen molar-refractivity contribution in [3.63, 3.8) is 0 Å². The van der Waals surface area contributed by atoms with Crippen molar-refractivity contribution in [2.45, 2.75) is 5.92 Å². The van der Waals surface area contributed by atoms with E-state index in [1.165, 1.54) is 4.88 Å². The summed E-state index contributed by atoms with van der Waals surface area (Å²) in [5, 5.41) is 8.97. The summed E-state index contributed by atoms with van der Waals surface area (Å²) in [6.07, 6.45) is 5.04. The lowest BCUT2D eigenvalue weighted by atomic mass is 10.0. The molecule has 0 bridgehead atoms. The first kappa shape index (κ1) is 14.8. The normalized spacial score (nSPS) is 12.5. The molecule has 0 aliphatic carbocycles. The summed E-state index contributed by atoms with van der Waals surface area (Å²) in [5.74, 6) is 0.817. The van der Waals surface area contributed by atoms with Crippen LogP contribution in [0.3, 0.4) is 0 Å². The topological polar surface area (TPSA) is 42.2 Å². The predicted molar refractivity (Wildman–Crippen MR) is 91.2 cm³/mol. The van der Waals surface area contributed by atoms with E-state index in [0.717, 1.165) is 11.3 Å². The van der Waals surface area contributed by atoms with Crippen LogP contribution in [0.15, 0.2) is 63.2 Å². The third kappa shape index (κ3) is 3.75. The number of hydrogen-bond donors (Lipinski definition) is 1. The molecule has 22 heavy (non-hydrogen) atoms. The Morgan fingerprint density at radius 2 is 2.23 bits per heavy atom. The standard InChI is InChI=1S/C17H15NO2S2/c19-17(6-5-13-7-10-21-12-13)18-11-14(15-3-1-8-20-15)16-4-2-9-22-16/h1-10,12,14H,11H2,(H,18,19)/b6-5+/t14-/m1/s1. The summed E-state index contributed by atoms with van der Waals surface area (Å²) >= 11 is 3.28. The van der Waals surface area contributed by atoms with Crippen molar-refractivity contribution in [3.8, 4) is 0 Å². The number of thiophene rings is 2. The molecule has 1 atom stereocenters. The van der Waals surface area contributed by atoms with Crippen LogP contribution in [0.1, 0.15) is 22.1 Å². The van der Waals surface area contributed by atoms with Crippen LogP contribution < -0.4 is 5.32 Å². The minimum absolute atomic E-state index is 0.0495. The van der Waals surface area contributed by atoms with Gasteiger partial charge in [0.05, 0.1) is 12.2 Å². The highest BCUT2D eigenvalue weighted by Crippen LogP contribution is 2.28. The fraction of sp³-hybridized carbons (Fsp3) is 0.118. The Hall–Kier alpha value is -2.11. The minimum Gasteiger partial charge on any atom is -0.469 e. The molecule has 0 unspecified atom stereocenters. The molecule has 0 aliphatic heterocycles. The highest BCUT2D eigenvalue weighted by atomic mass is 32.1. The fourth-order valence-corrected chi connectivity index (χ4v) is 3.59. The van der Waals surface area contributed by atoms with Gasteiger partial charge in [-0.05, 0) is 52.0 Å². The van der Waals surface area contributed by atoms with Gasteiger partial charge in [0.25, 0.3) is 0 Å². The average Bonchev–Trinajstić information content (AvgIpc) is 3.27. The highest BCUT2D eigenvalue weighted by Gasteiger charge is 2.18. The molecule has 0 fully saturated rings. The van der Waals surface area contributed by atoms with Gasteiger partial charge < -0.3 is 9.73 Å². The molecule has 3 heterocycles. The number of rotatable bonds is 6. The molecule has 0 aliphatic rings. The van der Waals surface area contributed by atoms with E-state index in [0.29, 0.717) is 6.54 Å². The van der Waals surface area contributed by atoms with Crippen LogP contribution in [-0.4, -0.2) is 12.5 Å². The first-order chi connectivity index (χ1) is 10.8. The predicted octanol–water partition coefficient (Wildman–Crippen LogP) is 4.36. The highest BCUT2D eigenvalue weighted by molar-refractivity contribution is 7.10. The molecule has 0 aromatic carbocycles. The lowest BCUT2D eigenvalue weighted by molar-refractivity contribution is -0.116. The molecule has 3 aromatic heterocycles. The quantitative estimate of drug-likeness (QED) is 0.683. The molecule has 5 heteroatoms. The maximum atomic E-state index is 12.0. The van der Waals surface area contributed by atoms with Crippen molar-refractivity contribution in [1.82, 2.24) is 5.32 Å². The van der Waals surface area contributed by atoms with Crippen molar-refractivity contribution < 1.29 is 9.21 Å². The Bertz CT molecular complexity index is 679. The summed E-state index contributed by atoms with van der Waals surface area (Å²) in [5.41, 5.74) is 1.04. The third-order valence-electron chi connectivity index (χ3n) is 3.22. The van der Waals surface area contributed by atoms with Crippen LogP contribution in [0, 0.1) is 0 Å². The van der Waals surface area contributed by atoms with Crippen molar-refractivity contribution in [2.75, 3.05) is 6.54 Å². The minimum atomic E-state index is -0.0979. The van der Waals surface area contributed by atoms with E-state index >= 15 is 0 Å². The van der Waals surface area contributed by atoms with Gasteiger partial charge in [-0.1, -0.05) is 6.07 Å². The van der Waals surface area contributed by atoms with Gasteiger partial charge >= 0.3 is 0 Å². The second-order valence-electron chi connectivity index (χ2n) is 4.72. The maximum absolute atomic E-state index is 12.0. The van der Waals surface area contributed by atoms with Crippen molar-refractivity contribution in [1.29, 1.82) is 0 Å². The van der Waals surface area contributed by atoms with Gasteiger partial charge in [0.1, 0.15) is 5.76 Å². The van der Waals surface area contributed by atoms with E-state index in [1.807, 2.05) is 46.5 Å². The van der Waals surface area contributed by atoms with Gasteiger partial charge in [-0.15, -0.1) is 11.3 Å². The largest absolute Gasteiger partial charge is 0.469 e. The van der Waals surface area contributed by atoms with E-state index in [-0.39, 0.29) is 11.8 Å². The van der Waals surface area contributed by atoms with E-state index < -0.39 is 0 Å². The van der Waals surface area contributed by atoms with Crippen LogP contribution in [-0.2, 0) is 4.79 Å². The van der Waals surface area contributed by atoms with Crippen LogP contribution in [0.4, 0.5) is 0 Å². The van der Waals surface area contributed by atoms with Crippen molar-refractivity contribution in [3.05, 3.63) is 75.0 Å². The lowest BCUT2D eigenvalue weighted by Crippen LogP contribution is -2.26. The van der Waals surface area contributed by atoms with E-state index in [2.05, 4.69) is 11.4 Å². The van der Waals surface area contributed by atoms with E-state index in [1.54, 1.807) is 35.0 Å². The van der Waals surface area contributed by atoms with E-state index in [9.17, 15) is 4.79 Å². The van der Waals surface area contributed by atoms with Crippen molar-refractivity contribution >= 4 is 34.7 Å². The molecule has 3 nitrogen and oxygen atoms in total. The second kappa shape index (κ2) is 7.24. The number of carbonyl (C=O) groups is 1. The fourth-order valence-electron chi connectivity index (χ4n) is 2.12. The molecule has 0 saturated heterocycles. The Morgan fingerprint density at radius 1 is 1.27 bits per heavy atom. The van der Waals surface area contributed by atoms with Gasteiger partial charge in [0.2, 0.25) is 5.91 Å². The zero-order valence-corrected chi connectivity index (χ0v) is 13.4. The maximum Gasteiger partial charge on any atom is 0.244 e. The summed E-state index contributed by atoms with van der Waals surface area (Å²) in [4.78, 5) is 13.1. The SMILES string of the molecule is O=C(/C=C/c1ccsc1)NC[C@H](c1ccco1)c1cccs1. The molecule has 112 valence electrons. The molecule has 3 rings (SSSR count). The van der Waals surface area contributed by atoms with Crippen LogP contribution in [0.2, 0.25) is 0 Å². The molecular weight excluding hydrogens is 314 g/mol. The smallest absolute Gasteiger partial charge is 0.244 e. The number of carbonyl (C=O) groups excluding carboxylic acids is 1. The molecule has 1 N–H and O–H groups in total. The zero-order chi connectivity index (χ0) is 15.2. The van der Waals surface area contributed by atoms with Gasteiger partial charge in [-0.25, -0.2) is 0 Å². The summed E-state index contributed by atoms with van der Waals surface area (Å²) in [6, 6.07) is 9.86. The first-order valence-corrected chi connectivity index (χ1v) is 8.70. The van der Waals surface area contributed by atoms with Crippen LogP contribution in [0.5, 0.6) is 0 Å². The Morgan fingerprint density at radius 3 is 2.91 bits per heavy atom. The van der Waals surface area contributed by atoms with Gasteiger partial charge in [0, 0.05) is 17.5 Å². The van der Waals surface area contributed by atoms with Crippen molar-refractivity contribution in [2.24, 2.45) is 0 Å². The zero-order valence-electron chi connectivity index (χ0n) is 11.8. The third-order valence-corrected chi connectivity index (χ3v) is 4.91. The number of nitrogens with one attached hydrogen (secondary N) is 1. The Kier molecular flexibility index (Phi) is 4.88. The average molecular weight is 329 g/mol. The number of hydrogen-bond acceptors (Lipinski definition) is 4. The Balaban J connectivity index is 1.63. The molecule has 0 spiro atoms. The molecule has 3 aromatic rings. The monoisotopic (exact) mass is 329 g/mol. The van der Waals surface area contributed by atoms with Crippen LogP contribution in [0.25, 0.3) is 6.08 Å². The molecule has 0 saturated carbocycles. The van der Waals surface area contributed by atoms with Crippen LogP contribution >= 0.6 is 22.7 Å². The molecule has 0 radical (unpaired) electrons. The number of furan rings is 1. The molecule has 1 amide bonds. The second-order valence-corrected chi connectivity index (χ2v) is 6.48. The van der Waals surface area contributed by atoms with Gasteiger partial charge in [0.15, 0.2) is 0 Å². The van der Waals surface area contributed by atoms with Gasteiger partial charge in [-0.3, -0.25) is 4.79 Å². The molecular formula is C17H15NO2S2. The first-order valence-electron chi connectivity index (χ1n) is 6.88. The summed E-state index contributed by atoms with van der Waals surface area (Å²) in [7, 11) is 0. The summed E-state index contributed by atoms with van der Waals surface area (Å²) in [6.45, 7) is 0.515.